The monoisotopic (exact) mass is 194 g/mol. The zero-order valence-corrected chi connectivity index (χ0v) is 8.86. The predicted octanol–water partition coefficient (Wildman–Crippen LogP) is 1.76. The third-order valence-corrected chi connectivity index (χ3v) is 1.88. The fourth-order valence-electron chi connectivity index (χ4n) is 1.27. The molecule has 1 aromatic rings. The quantitative estimate of drug-likeness (QED) is 0.777. The van der Waals surface area contributed by atoms with Crippen LogP contribution in [0.4, 0.5) is 0 Å². The first-order chi connectivity index (χ1) is 6.74. The predicted molar refractivity (Wildman–Crippen MR) is 57.4 cm³/mol. The minimum atomic E-state index is 0.191. The lowest BCUT2D eigenvalue weighted by atomic mass is 10.1. The van der Waals surface area contributed by atoms with E-state index in [9.17, 15) is 0 Å². The Morgan fingerprint density at radius 2 is 2.29 bits per heavy atom. The van der Waals surface area contributed by atoms with Crippen LogP contribution >= 0.6 is 0 Å². The zero-order chi connectivity index (χ0) is 10.4. The molecule has 0 unspecified atom stereocenters. The Kier molecular flexibility index (Phi) is 4.40. The molecule has 1 heterocycles. The number of hydrogen-bond donors (Lipinski definition) is 1. The summed E-state index contributed by atoms with van der Waals surface area (Å²) in [6.07, 6.45) is 5.69. The topological polar surface area (TPSA) is 48.1 Å². The van der Waals surface area contributed by atoms with E-state index < -0.39 is 0 Å². The van der Waals surface area contributed by atoms with Gasteiger partial charge in [-0.3, -0.25) is 4.98 Å². The first kappa shape index (κ1) is 11.0. The Morgan fingerprint density at radius 3 is 2.93 bits per heavy atom. The fraction of sp³-hybridized carbons (Fsp3) is 0.545. The highest BCUT2D eigenvalue weighted by molar-refractivity contribution is 5.30. The summed E-state index contributed by atoms with van der Waals surface area (Å²) in [5.41, 5.74) is 6.66. The lowest BCUT2D eigenvalue weighted by molar-refractivity contribution is 0.239. The number of rotatable bonds is 5. The molecule has 0 saturated carbocycles. The van der Waals surface area contributed by atoms with Gasteiger partial charge in [-0.2, -0.15) is 0 Å². The summed E-state index contributed by atoms with van der Waals surface area (Å²) in [7, 11) is 0. The number of nitrogens with two attached hydrogens (primary N) is 1. The summed E-state index contributed by atoms with van der Waals surface area (Å²) >= 11 is 0. The molecule has 14 heavy (non-hydrogen) atoms. The summed E-state index contributed by atoms with van der Waals surface area (Å²) < 4.78 is 5.64. The second-order valence-electron chi connectivity index (χ2n) is 3.54. The van der Waals surface area contributed by atoms with Gasteiger partial charge in [0, 0.05) is 6.20 Å². The summed E-state index contributed by atoms with van der Waals surface area (Å²) in [5.74, 6) is 0.885. The molecule has 3 nitrogen and oxygen atoms in total. The molecule has 0 radical (unpaired) electrons. The van der Waals surface area contributed by atoms with E-state index >= 15 is 0 Å². The van der Waals surface area contributed by atoms with Crippen molar-refractivity contribution < 1.29 is 4.74 Å². The number of aryl methyl sites for hydroxylation is 1. The fourth-order valence-corrected chi connectivity index (χ4v) is 1.27. The maximum atomic E-state index is 5.64. The van der Waals surface area contributed by atoms with E-state index in [4.69, 9.17) is 10.5 Å². The van der Waals surface area contributed by atoms with Gasteiger partial charge in [0.2, 0.25) is 0 Å². The van der Waals surface area contributed by atoms with Crippen molar-refractivity contribution in [2.24, 2.45) is 5.73 Å². The minimum Gasteiger partial charge on any atom is -0.489 e. The number of hydrogen-bond acceptors (Lipinski definition) is 3. The van der Waals surface area contributed by atoms with Gasteiger partial charge in [0.25, 0.3) is 0 Å². The van der Waals surface area contributed by atoms with Crippen molar-refractivity contribution in [1.29, 1.82) is 0 Å². The Balaban J connectivity index is 2.69. The number of pyridine rings is 1. The third kappa shape index (κ3) is 3.34. The average molecular weight is 194 g/mol. The normalized spacial score (nSPS) is 10.6. The molecule has 0 aliphatic rings. The van der Waals surface area contributed by atoms with Crippen LogP contribution in [0.1, 0.15) is 25.8 Å². The van der Waals surface area contributed by atoms with E-state index in [1.807, 2.05) is 19.9 Å². The maximum absolute atomic E-state index is 5.64. The Labute approximate surface area is 85.3 Å². The molecular formula is C11H18N2O. The third-order valence-electron chi connectivity index (χ3n) is 1.88. The first-order valence-corrected chi connectivity index (χ1v) is 5.03. The average Bonchev–Trinajstić information content (AvgIpc) is 2.16. The number of aromatic nitrogens is 1. The van der Waals surface area contributed by atoms with Gasteiger partial charge in [-0.1, -0.05) is 0 Å². The van der Waals surface area contributed by atoms with Gasteiger partial charge in [-0.05, 0) is 44.9 Å². The van der Waals surface area contributed by atoms with E-state index in [0.717, 1.165) is 18.6 Å². The van der Waals surface area contributed by atoms with Crippen molar-refractivity contribution in [2.45, 2.75) is 32.8 Å². The smallest absolute Gasteiger partial charge is 0.141 e. The zero-order valence-electron chi connectivity index (χ0n) is 8.86. The van der Waals surface area contributed by atoms with E-state index in [-0.39, 0.29) is 6.10 Å². The van der Waals surface area contributed by atoms with Crippen LogP contribution in [0.25, 0.3) is 0 Å². The van der Waals surface area contributed by atoms with Crippen LogP contribution in [0.3, 0.4) is 0 Å². The van der Waals surface area contributed by atoms with Crippen LogP contribution in [-0.2, 0) is 6.42 Å². The van der Waals surface area contributed by atoms with E-state index in [2.05, 4.69) is 4.98 Å². The van der Waals surface area contributed by atoms with Crippen molar-refractivity contribution in [3.63, 3.8) is 0 Å². The molecule has 78 valence electrons. The lowest BCUT2D eigenvalue weighted by Gasteiger charge is -2.13. The number of nitrogens with zero attached hydrogens (tertiary/aromatic N) is 1. The molecule has 0 saturated heterocycles. The molecule has 0 bridgehead atoms. The van der Waals surface area contributed by atoms with E-state index in [0.29, 0.717) is 6.54 Å². The van der Waals surface area contributed by atoms with Gasteiger partial charge in [-0.15, -0.1) is 0 Å². The Hall–Kier alpha value is -1.09. The molecule has 0 amide bonds. The largest absolute Gasteiger partial charge is 0.489 e. The molecule has 0 spiro atoms. The van der Waals surface area contributed by atoms with Gasteiger partial charge in [0.05, 0.1) is 12.3 Å². The highest BCUT2D eigenvalue weighted by Gasteiger charge is 2.04. The minimum absolute atomic E-state index is 0.191. The highest BCUT2D eigenvalue weighted by atomic mass is 16.5. The van der Waals surface area contributed by atoms with Crippen molar-refractivity contribution in [3.05, 3.63) is 24.0 Å². The molecule has 3 heteroatoms. The second-order valence-corrected chi connectivity index (χ2v) is 3.54. The molecule has 0 aliphatic heterocycles. The molecule has 0 fully saturated rings. The van der Waals surface area contributed by atoms with Crippen LogP contribution in [0.2, 0.25) is 0 Å². The van der Waals surface area contributed by atoms with Gasteiger partial charge in [0.1, 0.15) is 5.75 Å². The van der Waals surface area contributed by atoms with Crippen LogP contribution in [0, 0.1) is 0 Å². The van der Waals surface area contributed by atoms with Crippen LogP contribution in [-0.4, -0.2) is 17.6 Å². The Morgan fingerprint density at radius 1 is 1.50 bits per heavy atom. The van der Waals surface area contributed by atoms with Gasteiger partial charge < -0.3 is 10.5 Å². The lowest BCUT2D eigenvalue weighted by Crippen LogP contribution is -2.08. The molecule has 1 aromatic heterocycles. The maximum Gasteiger partial charge on any atom is 0.141 e. The highest BCUT2D eigenvalue weighted by Crippen LogP contribution is 2.19. The first-order valence-electron chi connectivity index (χ1n) is 5.03. The molecular weight excluding hydrogens is 176 g/mol. The van der Waals surface area contributed by atoms with Crippen LogP contribution in [0.5, 0.6) is 5.75 Å². The second kappa shape index (κ2) is 5.60. The molecule has 0 atom stereocenters. The summed E-state index contributed by atoms with van der Waals surface area (Å²) in [4.78, 5) is 4.05. The van der Waals surface area contributed by atoms with Gasteiger partial charge in [-0.25, -0.2) is 0 Å². The van der Waals surface area contributed by atoms with Crippen molar-refractivity contribution in [1.82, 2.24) is 4.98 Å². The van der Waals surface area contributed by atoms with Crippen molar-refractivity contribution in [3.8, 4) is 5.75 Å². The van der Waals surface area contributed by atoms with Crippen LogP contribution in [0.15, 0.2) is 18.5 Å². The molecule has 1 rings (SSSR count). The van der Waals surface area contributed by atoms with Crippen molar-refractivity contribution >= 4 is 0 Å². The Bertz CT molecular complexity index is 274. The van der Waals surface area contributed by atoms with Crippen LogP contribution < -0.4 is 10.5 Å². The van der Waals surface area contributed by atoms with E-state index in [1.54, 1.807) is 12.4 Å². The molecule has 0 aromatic carbocycles. The standard InChI is InChI=1S/C11H18N2O/c1-9(2)14-11-8-13-7-5-10(11)4-3-6-12/h5,7-9H,3-4,6,12H2,1-2H3. The summed E-state index contributed by atoms with van der Waals surface area (Å²) in [5, 5.41) is 0. The molecule has 0 aliphatic carbocycles. The van der Waals surface area contributed by atoms with Crippen molar-refractivity contribution in [2.75, 3.05) is 6.54 Å². The van der Waals surface area contributed by atoms with Gasteiger partial charge in [0.15, 0.2) is 0 Å². The number of ether oxygens (including phenoxy) is 1. The van der Waals surface area contributed by atoms with E-state index in [1.165, 1.54) is 5.56 Å². The van der Waals surface area contributed by atoms with Gasteiger partial charge >= 0.3 is 0 Å². The summed E-state index contributed by atoms with van der Waals surface area (Å²) in [6.45, 7) is 4.74. The molecule has 2 N–H and O–H groups in total. The summed E-state index contributed by atoms with van der Waals surface area (Å²) in [6, 6.07) is 1.99. The SMILES string of the molecule is CC(C)Oc1cnccc1CCCN.